The molecular formula is C11H10ClNO4. The Labute approximate surface area is 103 Å². The molecule has 1 aromatic rings. The van der Waals surface area contributed by atoms with E-state index in [1.54, 1.807) is 0 Å². The number of benzene rings is 1. The summed E-state index contributed by atoms with van der Waals surface area (Å²) in [5.41, 5.74) is 0.517. The Morgan fingerprint density at radius 2 is 1.88 bits per heavy atom. The zero-order valence-corrected chi connectivity index (χ0v) is 10.3. The molecule has 1 aromatic carbocycles. The highest BCUT2D eigenvalue weighted by Gasteiger charge is 2.39. The summed E-state index contributed by atoms with van der Waals surface area (Å²) in [6.45, 7) is 0. The van der Waals surface area contributed by atoms with Crippen molar-refractivity contribution in [2.45, 2.75) is 0 Å². The monoisotopic (exact) mass is 255 g/mol. The molecule has 1 amide bonds. The maximum Gasteiger partial charge on any atom is 0.299 e. The van der Waals surface area contributed by atoms with E-state index in [0.717, 1.165) is 0 Å². The fourth-order valence-corrected chi connectivity index (χ4v) is 2.12. The van der Waals surface area contributed by atoms with Crippen LogP contribution in [0.1, 0.15) is 10.4 Å². The number of carbonyl (C=O) groups is 2. The maximum atomic E-state index is 11.7. The molecule has 0 saturated carbocycles. The highest BCUT2D eigenvalue weighted by atomic mass is 35.5. The molecule has 0 saturated heterocycles. The van der Waals surface area contributed by atoms with Crippen LogP contribution in [0.4, 0.5) is 5.69 Å². The van der Waals surface area contributed by atoms with Gasteiger partial charge in [0.15, 0.2) is 11.5 Å². The molecule has 0 radical (unpaired) electrons. The minimum absolute atomic E-state index is 0.164. The molecule has 1 heterocycles. The highest BCUT2D eigenvalue weighted by Crippen LogP contribution is 2.46. The number of fused-ring (bicyclic) bond motifs is 1. The Hall–Kier alpha value is -1.75. The lowest BCUT2D eigenvalue weighted by Crippen LogP contribution is -2.25. The van der Waals surface area contributed by atoms with E-state index in [-0.39, 0.29) is 10.6 Å². The summed E-state index contributed by atoms with van der Waals surface area (Å²) in [4.78, 5) is 24.5. The number of rotatable bonds is 2. The summed E-state index contributed by atoms with van der Waals surface area (Å²) in [7, 11) is 4.39. The minimum Gasteiger partial charge on any atom is -0.493 e. The first-order valence-corrected chi connectivity index (χ1v) is 5.17. The Kier molecular flexibility index (Phi) is 2.71. The number of amides is 1. The normalized spacial score (nSPS) is 14.0. The van der Waals surface area contributed by atoms with Gasteiger partial charge in [-0.2, -0.15) is 0 Å². The van der Waals surface area contributed by atoms with Gasteiger partial charge in [0.25, 0.3) is 11.7 Å². The largest absolute Gasteiger partial charge is 0.493 e. The Morgan fingerprint density at radius 3 is 2.41 bits per heavy atom. The number of Topliss-reactive ketones (excluding diaryl/α,β-unsaturated/α-hetero) is 1. The van der Waals surface area contributed by atoms with E-state index < -0.39 is 11.7 Å². The molecule has 1 aliphatic rings. The fourth-order valence-electron chi connectivity index (χ4n) is 1.84. The summed E-state index contributed by atoms with van der Waals surface area (Å²) in [6.07, 6.45) is 0. The molecule has 0 aliphatic carbocycles. The molecule has 0 aromatic heterocycles. The first-order valence-electron chi connectivity index (χ1n) is 4.79. The number of methoxy groups -OCH3 is 2. The number of ether oxygens (including phenoxy) is 2. The third-order valence-corrected chi connectivity index (χ3v) is 2.96. The van der Waals surface area contributed by atoms with Gasteiger partial charge in [0.2, 0.25) is 0 Å². The second-order valence-electron chi connectivity index (χ2n) is 3.51. The van der Waals surface area contributed by atoms with Gasteiger partial charge in [-0.1, -0.05) is 11.6 Å². The lowest BCUT2D eigenvalue weighted by Gasteiger charge is -2.16. The van der Waals surface area contributed by atoms with Crippen molar-refractivity contribution in [3.05, 3.63) is 16.7 Å². The Balaban J connectivity index is 2.81. The predicted molar refractivity (Wildman–Crippen MR) is 62.3 cm³/mol. The summed E-state index contributed by atoms with van der Waals surface area (Å²) in [5.74, 6) is -0.555. The van der Waals surface area contributed by atoms with E-state index in [1.807, 2.05) is 0 Å². The van der Waals surface area contributed by atoms with Crippen molar-refractivity contribution in [2.75, 3.05) is 26.2 Å². The third kappa shape index (κ3) is 1.46. The molecule has 5 nitrogen and oxygen atoms in total. The number of anilines is 1. The first-order chi connectivity index (χ1) is 8.02. The number of hydrogen-bond acceptors (Lipinski definition) is 4. The van der Waals surface area contributed by atoms with Crippen molar-refractivity contribution in [2.24, 2.45) is 0 Å². The van der Waals surface area contributed by atoms with Crippen LogP contribution < -0.4 is 14.4 Å². The molecule has 90 valence electrons. The summed E-state index contributed by atoms with van der Waals surface area (Å²) >= 11 is 5.97. The van der Waals surface area contributed by atoms with Crippen molar-refractivity contribution >= 4 is 29.0 Å². The van der Waals surface area contributed by atoms with Crippen LogP contribution in [0.15, 0.2) is 6.07 Å². The number of hydrogen-bond donors (Lipinski definition) is 0. The maximum absolute atomic E-state index is 11.7. The standard InChI is InChI=1S/C11H10ClNO4/c1-13-8-7(9(14)11(13)15)5(12)4-6(16-2)10(8)17-3/h4H,1-3H3. The van der Waals surface area contributed by atoms with Crippen LogP contribution in [-0.4, -0.2) is 33.0 Å². The summed E-state index contributed by atoms with van der Waals surface area (Å²) in [6, 6.07) is 1.46. The zero-order valence-electron chi connectivity index (χ0n) is 9.54. The fraction of sp³-hybridized carbons (Fsp3) is 0.273. The van der Waals surface area contributed by atoms with Crippen LogP contribution >= 0.6 is 11.6 Å². The topological polar surface area (TPSA) is 55.8 Å². The number of ketones is 1. The van der Waals surface area contributed by atoms with Crippen molar-refractivity contribution in [3.63, 3.8) is 0 Å². The smallest absolute Gasteiger partial charge is 0.299 e. The van der Waals surface area contributed by atoms with E-state index in [9.17, 15) is 9.59 Å². The summed E-state index contributed by atoms with van der Waals surface area (Å²) in [5, 5.41) is 0.181. The Bertz CT molecular complexity index is 527. The summed E-state index contributed by atoms with van der Waals surface area (Å²) < 4.78 is 10.3. The average Bonchev–Trinajstić information content (AvgIpc) is 2.55. The minimum atomic E-state index is -0.631. The number of halogens is 1. The van der Waals surface area contributed by atoms with Crippen molar-refractivity contribution in [3.8, 4) is 11.5 Å². The van der Waals surface area contributed by atoms with Gasteiger partial charge in [-0.25, -0.2) is 0 Å². The number of carbonyl (C=O) groups excluding carboxylic acids is 2. The van der Waals surface area contributed by atoms with Crippen LogP contribution in [0, 0.1) is 0 Å². The van der Waals surface area contributed by atoms with Crippen LogP contribution in [0.5, 0.6) is 11.5 Å². The van der Waals surface area contributed by atoms with Gasteiger partial charge in [0.05, 0.1) is 24.8 Å². The quantitative estimate of drug-likeness (QED) is 0.752. The van der Waals surface area contributed by atoms with E-state index in [2.05, 4.69) is 0 Å². The zero-order chi connectivity index (χ0) is 12.7. The van der Waals surface area contributed by atoms with Crippen LogP contribution in [0.2, 0.25) is 5.02 Å². The molecule has 0 N–H and O–H groups in total. The molecule has 0 unspecified atom stereocenters. The van der Waals surface area contributed by atoms with Crippen molar-refractivity contribution < 1.29 is 19.1 Å². The van der Waals surface area contributed by atoms with Crippen molar-refractivity contribution in [1.82, 2.24) is 0 Å². The van der Waals surface area contributed by atoms with Crippen LogP contribution in [-0.2, 0) is 4.79 Å². The highest BCUT2D eigenvalue weighted by molar-refractivity contribution is 6.55. The van der Waals surface area contributed by atoms with E-state index in [4.69, 9.17) is 21.1 Å². The molecule has 0 fully saturated rings. The lowest BCUT2D eigenvalue weighted by atomic mass is 10.1. The first kappa shape index (κ1) is 11.7. The van der Waals surface area contributed by atoms with Crippen molar-refractivity contribution in [1.29, 1.82) is 0 Å². The Morgan fingerprint density at radius 1 is 1.24 bits per heavy atom. The van der Waals surface area contributed by atoms with Gasteiger partial charge in [0.1, 0.15) is 5.69 Å². The number of likely N-dealkylation sites (N-methyl/N-ethyl adjacent to an activating group) is 1. The predicted octanol–water partition coefficient (Wildman–Crippen LogP) is 1.52. The third-order valence-electron chi connectivity index (χ3n) is 2.66. The van der Waals surface area contributed by atoms with E-state index in [1.165, 1.54) is 32.2 Å². The lowest BCUT2D eigenvalue weighted by molar-refractivity contribution is -0.114. The molecule has 6 heteroatoms. The molecule has 0 spiro atoms. The van der Waals surface area contributed by atoms with Gasteiger partial charge < -0.3 is 14.4 Å². The van der Waals surface area contributed by atoms with Gasteiger partial charge >= 0.3 is 0 Å². The second kappa shape index (κ2) is 3.92. The van der Waals surface area contributed by atoms with Gasteiger partial charge in [-0.15, -0.1) is 0 Å². The van der Waals surface area contributed by atoms with Gasteiger partial charge in [0, 0.05) is 13.1 Å². The SMILES string of the molecule is COc1cc(Cl)c2c(c1OC)N(C)C(=O)C2=O. The van der Waals surface area contributed by atoms with Crippen LogP contribution in [0.3, 0.4) is 0 Å². The van der Waals surface area contributed by atoms with Gasteiger partial charge in [-0.3, -0.25) is 9.59 Å². The van der Waals surface area contributed by atoms with E-state index >= 15 is 0 Å². The van der Waals surface area contributed by atoms with Crippen LogP contribution in [0.25, 0.3) is 0 Å². The second-order valence-corrected chi connectivity index (χ2v) is 3.92. The molecule has 2 rings (SSSR count). The molecule has 17 heavy (non-hydrogen) atoms. The average molecular weight is 256 g/mol. The van der Waals surface area contributed by atoms with E-state index in [0.29, 0.717) is 17.2 Å². The number of nitrogens with zero attached hydrogens (tertiary/aromatic N) is 1. The molecule has 0 bridgehead atoms. The molecular weight excluding hydrogens is 246 g/mol. The molecule has 0 atom stereocenters. The van der Waals surface area contributed by atoms with Gasteiger partial charge in [-0.05, 0) is 0 Å². The molecule has 1 aliphatic heterocycles.